The van der Waals surface area contributed by atoms with E-state index in [1.165, 1.54) is 0 Å². The van der Waals surface area contributed by atoms with Crippen molar-refractivity contribution >= 4 is 28.9 Å². The molecule has 2 rings (SSSR count). The van der Waals surface area contributed by atoms with Crippen molar-refractivity contribution in [3.8, 4) is 0 Å². The molecule has 18 heavy (non-hydrogen) atoms. The minimum atomic E-state index is -0.206. The fourth-order valence-corrected chi connectivity index (χ4v) is 1.73. The molecular formula is C14H13ClN2O. The number of nitrogens with two attached hydrogens (primary N) is 1. The second kappa shape index (κ2) is 5.10. The minimum absolute atomic E-state index is 0.206. The molecule has 0 radical (unpaired) electrons. The summed E-state index contributed by atoms with van der Waals surface area (Å²) in [5.74, 6) is -0.206. The lowest BCUT2D eigenvalue weighted by Gasteiger charge is -2.08. The normalized spacial score (nSPS) is 10.1. The van der Waals surface area contributed by atoms with Gasteiger partial charge in [-0.15, -0.1) is 0 Å². The first kappa shape index (κ1) is 12.5. The summed E-state index contributed by atoms with van der Waals surface area (Å²) in [6.07, 6.45) is 0. The van der Waals surface area contributed by atoms with Gasteiger partial charge in [0.1, 0.15) is 0 Å². The lowest BCUT2D eigenvalue weighted by atomic mass is 10.1. The first-order chi connectivity index (χ1) is 8.56. The summed E-state index contributed by atoms with van der Waals surface area (Å²) in [5.41, 5.74) is 8.38. The van der Waals surface area contributed by atoms with Crippen molar-refractivity contribution in [3.63, 3.8) is 0 Å². The summed E-state index contributed by atoms with van der Waals surface area (Å²) in [5, 5.41) is 3.29. The lowest BCUT2D eigenvalue weighted by molar-refractivity contribution is 0.102. The van der Waals surface area contributed by atoms with Crippen molar-refractivity contribution < 1.29 is 4.79 Å². The highest BCUT2D eigenvalue weighted by Gasteiger charge is 2.08. The number of aryl methyl sites for hydroxylation is 1. The monoisotopic (exact) mass is 260 g/mol. The Balaban J connectivity index is 2.21. The van der Waals surface area contributed by atoms with Gasteiger partial charge in [-0.3, -0.25) is 4.79 Å². The molecule has 3 nitrogen and oxygen atoms in total. The number of benzene rings is 2. The number of hydrogen-bond donors (Lipinski definition) is 2. The molecule has 3 N–H and O–H groups in total. The molecule has 0 aliphatic carbocycles. The molecule has 2 aromatic rings. The van der Waals surface area contributed by atoms with Gasteiger partial charge in [-0.25, -0.2) is 0 Å². The number of anilines is 2. The van der Waals surface area contributed by atoms with Crippen LogP contribution >= 0.6 is 11.6 Å². The fraction of sp³-hybridized carbons (Fsp3) is 0.0714. The van der Waals surface area contributed by atoms with Crippen molar-refractivity contribution in [1.82, 2.24) is 0 Å². The highest BCUT2D eigenvalue weighted by Crippen LogP contribution is 2.23. The number of halogens is 1. The van der Waals surface area contributed by atoms with E-state index in [2.05, 4.69) is 5.32 Å². The molecule has 4 heteroatoms. The third-order valence-corrected chi connectivity index (χ3v) is 2.87. The largest absolute Gasteiger partial charge is 0.399 e. The number of amides is 1. The van der Waals surface area contributed by atoms with Crippen LogP contribution in [0.1, 0.15) is 15.9 Å². The predicted octanol–water partition coefficient (Wildman–Crippen LogP) is 3.48. The summed E-state index contributed by atoms with van der Waals surface area (Å²) in [4.78, 5) is 12.0. The summed E-state index contributed by atoms with van der Waals surface area (Å²) in [6, 6.07) is 12.2. The maximum atomic E-state index is 12.0. The topological polar surface area (TPSA) is 55.1 Å². The SMILES string of the molecule is Cc1ccc(Cl)c(NC(=O)c2ccc(N)cc2)c1. The molecule has 0 fully saturated rings. The number of carbonyl (C=O) groups excluding carboxylic acids is 1. The Morgan fingerprint density at radius 2 is 1.83 bits per heavy atom. The third kappa shape index (κ3) is 2.81. The average Bonchev–Trinajstić information content (AvgIpc) is 2.34. The molecule has 0 heterocycles. The van der Waals surface area contributed by atoms with Crippen LogP contribution in [0.15, 0.2) is 42.5 Å². The Hall–Kier alpha value is -2.00. The summed E-state index contributed by atoms with van der Waals surface area (Å²) >= 11 is 6.02. The van der Waals surface area contributed by atoms with Crippen LogP contribution in [-0.4, -0.2) is 5.91 Å². The smallest absolute Gasteiger partial charge is 0.255 e. The zero-order valence-corrected chi connectivity index (χ0v) is 10.7. The number of nitrogen functional groups attached to an aromatic ring is 1. The van der Waals surface area contributed by atoms with Gasteiger partial charge >= 0.3 is 0 Å². The maximum absolute atomic E-state index is 12.0. The molecule has 2 aromatic carbocycles. The zero-order chi connectivity index (χ0) is 13.1. The molecule has 1 amide bonds. The molecule has 0 atom stereocenters. The third-order valence-electron chi connectivity index (χ3n) is 2.54. The Kier molecular flexibility index (Phi) is 3.53. The molecule has 0 aliphatic rings. The van der Waals surface area contributed by atoms with E-state index in [0.717, 1.165) is 5.56 Å². The van der Waals surface area contributed by atoms with Gasteiger partial charge in [-0.05, 0) is 48.9 Å². The highest BCUT2D eigenvalue weighted by molar-refractivity contribution is 6.33. The van der Waals surface area contributed by atoms with Crippen molar-refractivity contribution in [2.75, 3.05) is 11.1 Å². The van der Waals surface area contributed by atoms with Crippen LogP contribution in [0.5, 0.6) is 0 Å². The van der Waals surface area contributed by atoms with Crippen LogP contribution in [0.2, 0.25) is 5.02 Å². The molecule has 0 saturated carbocycles. The summed E-state index contributed by atoms with van der Waals surface area (Å²) < 4.78 is 0. The standard InChI is InChI=1S/C14H13ClN2O/c1-9-2-7-12(15)13(8-9)17-14(18)10-3-5-11(16)6-4-10/h2-8H,16H2,1H3,(H,17,18). The molecule has 0 bridgehead atoms. The van der Waals surface area contributed by atoms with Crippen LogP contribution in [0.25, 0.3) is 0 Å². The quantitative estimate of drug-likeness (QED) is 0.812. The van der Waals surface area contributed by atoms with Crippen molar-refractivity contribution in [3.05, 3.63) is 58.6 Å². The van der Waals surface area contributed by atoms with E-state index in [1.807, 2.05) is 19.1 Å². The Morgan fingerprint density at radius 1 is 1.17 bits per heavy atom. The molecular weight excluding hydrogens is 248 g/mol. The van der Waals surface area contributed by atoms with E-state index >= 15 is 0 Å². The van der Waals surface area contributed by atoms with Crippen LogP contribution in [0, 0.1) is 6.92 Å². The van der Waals surface area contributed by atoms with Gasteiger partial charge < -0.3 is 11.1 Å². The Labute approximate surface area is 111 Å². The molecule has 0 spiro atoms. The van der Waals surface area contributed by atoms with Crippen molar-refractivity contribution in [1.29, 1.82) is 0 Å². The van der Waals surface area contributed by atoms with Gasteiger partial charge in [-0.1, -0.05) is 17.7 Å². The van der Waals surface area contributed by atoms with Crippen LogP contribution in [0.3, 0.4) is 0 Å². The van der Waals surface area contributed by atoms with Crippen molar-refractivity contribution in [2.24, 2.45) is 0 Å². The maximum Gasteiger partial charge on any atom is 0.255 e. The first-order valence-corrected chi connectivity index (χ1v) is 5.87. The fourth-order valence-electron chi connectivity index (χ4n) is 1.56. The van der Waals surface area contributed by atoms with Gasteiger partial charge in [0.15, 0.2) is 0 Å². The Bertz CT molecular complexity index is 579. The lowest BCUT2D eigenvalue weighted by Crippen LogP contribution is -2.12. The van der Waals surface area contributed by atoms with Crippen LogP contribution < -0.4 is 11.1 Å². The molecule has 92 valence electrons. The molecule has 0 unspecified atom stereocenters. The number of rotatable bonds is 2. The van der Waals surface area contributed by atoms with Crippen LogP contribution in [-0.2, 0) is 0 Å². The van der Waals surface area contributed by atoms with E-state index in [4.69, 9.17) is 17.3 Å². The van der Waals surface area contributed by atoms with E-state index < -0.39 is 0 Å². The van der Waals surface area contributed by atoms with Gasteiger partial charge in [-0.2, -0.15) is 0 Å². The number of hydrogen-bond acceptors (Lipinski definition) is 2. The van der Waals surface area contributed by atoms with Gasteiger partial charge in [0, 0.05) is 11.3 Å². The van der Waals surface area contributed by atoms with Crippen LogP contribution in [0.4, 0.5) is 11.4 Å². The number of nitrogens with one attached hydrogen (secondary N) is 1. The molecule has 0 aliphatic heterocycles. The van der Waals surface area contributed by atoms with Crippen molar-refractivity contribution in [2.45, 2.75) is 6.92 Å². The van der Waals surface area contributed by atoms with E-state index in [1.54, 1.807) is 30.3 Å². The average molecular weight is 261 g/mol. The Morgan fingerprint density at radius 3 is 2.50 bits per heavy atom. The molecule has 0 saturated heterocycles. The number of carbonyl (C=O) groups is 1. The summed E-state index contributed by atoms with van der Waals surface area (Å²) in [6.45, 7) is 1.94. The first-order valence-electron chi connectivity index (χ1n) is 5.49. The van der Waals surface area contributed by atoms with E-state index in [-0.39, 0.29) is 5.91 Å². The second-order valence-electron chi connectivity index (χ2n) is 4.06. The minimum Gasteiger partial charge on any atom is -0.399 e. The van der Waals surface area contributed by atoms with E-state index in [9.17, 15) is 4.79 Å². The zero-order valence-electron chi connectivity index (χ0n) is 9.91. The second-order valence-corrected chi connectivity index (χ2v) is 4.47. The predicted molar refractivity (Wildman–Crippen MR) is 75.0 cm³/mol. The molecule has 0 aromatic heterocycles. The van der Waals surface area contributed by atoms with Gasteiger partial charge in [0.2, 0.25) is 0 Å². The highest BCUT2D eigenvalue weighted by atomic mass is 35.5. The van der Waals surface area contributed by atoms with Gasteiger partial charge in [0.25, 0.3) is 5.91 Å². The summed E-state index contributed by atoms with van der Waals surface area (Å²) in [7, 11) is 0. The van der Waals surface area contributed by atoms with E-state index in [0.29, 0.717) is 22.0 Å². The van der Waals surface area contributed by atoms with Gasteiger partial charge in [0.05, 0.1) is 10.7 Å².